The van der Waals surface area contributed by atoms with E-state index in [1.54, 1.807) is 48.5 Å². The summed E-state index contributed by atoms with van der Waals surface area (Å²) in [5.41, 5.74) is -0.969. The van der Waals surface area contributed by atoms with Gasteiger partial charge in [-0.2, -0.15) is 0 Å². The van der Waals surface area contributed by atoms with Crippen molar-refractivity contribution in [1.29, 1.82) is 0 Å². The van der Waals surface area contributed by atoms with Gasteiger partial charge in [-0.05, 0) is 44.2 Å². The molecule has 7 heteroatoms. The molecule has 2 aromatic heterocycles. The van der Waals surface area contributed by atoms with Crippen molar-refractivity contribution in [1.82, 2.24) is 3.97 Å². The predicted octanol–water partition coefficient (Wildman–Crippen LogP) is 3.82. The molecule has 2 aromatic carbocycles. The molecule has 0 unspecified atom stereocenters. The quantitative estimate of drug-likeness (QED) is 0.390. The number of hydrogen-bond acceptors (Lipinski definition) is 5. The Morgan fingerprint density at radius 2 is 1.68 bits per heavy atom. The Kier molecular flexibility index (Phi) is 5.05. The third kappa shape index (κ3) is 3.79. The maximum atomic E-state index is 13.6. The number of nitrogens with zero attached hydrogens (tertiary/aromatic N) is 1. The van der Waals surface area contributed by atoms with E-state index in [1.165, 1.54) is 38.3 Å². The van der Waals surface area contributed by atoms with Crippen molar-refractivity contribution in [3.63, 3.8) is 0 Å². The van der Waals surface area contributed by atoms with Gasteiger partial charge >= 0.3 is 0 Å². The van der Waals surface area contributed by atoms with Crippen LogP contribution in [0.2, 0.25) is 0 Å². The van der Waals surface area contributed by atoms with Gasteiger partial charge in [-0.15, -0.1) is 0 Å². The van der Waals surface area contributed by atoms with Crippen LogP contribution in [-0.4, -0.2) is 28.9 Å². The van der Waals surface area contributed by atoms with Crippen molar-refractivity contribution < 1.29 is 22.7 Å². The second-order valence-corrected chi connectivity index (χ2v) is 9.23. The number of aromatic nitrogens is 1. The molecule has 0 atom stereocenters. The van der Waals surface area contributed by atoms with E-state index in [9.17, 15) is 18.3 Å². The molecular weight excluding hydrogens is 414 g/mol. The molecule has 0 amide bonds. The fraction of sp³-hybridized carbons (Fsp3) is 0.125. The van der Waals surface area contributed by atoms with Gasteiger partial charge in [0.1, 0.15) is 11.3 Å². The molecule has 2 heterocycles. The summed E-state index contributed by atoms with van der Waals surface area (Å²) in [4.78, 5) is 13.4. The molecule has 0 radical (unpaired) electrons. The van der Waals surface area contributed by atoms with E-state index < -0.39 is 21.4 Å². The van der Waals surface area contributed by atoms with Gasteiger partial charge in [0.05, 0.1) is 22.2 Å². The third-order valence-electron chi connectivity index (χ3n) is 4.57. The van der Waals surface area contributed by atoms with Gasteiger partial charge in [-0.1, -0.05) is 48.2 Å². The molecule has 0 spiro atoms. The van der Waals surface area contributed by atoms with Crippen molar-refractivity contribution in [2.45, 2.75) is 24.3 Å². The zero-order valence-electron chi connectivity index (χ0n) is 16.9. The molecule has 156 valence electrons. The molecule has 0 fully saturated rings. The van der Waals surface area contributed by atoms with Crippen molar-refractivity contribution in [2.24, 2.45) is 0 Å². The lowest BCUT2D eigenvalue weighted by Gasteiger charge is -2.11. The van der Waals surface area contributed by atoms with Crippen LogP contribution in [0.1, 0.15) is 35.7 Å². The van der Waals surface area contributed by atoms with Crippen LogP contribution < -0.4 is 0 Å². The second kappa shape index (κ2) is 7.58. The monoisotopic (exact) mass is 433 g/mol. The largest absolute Gasteiger partial charge is 0.461 e. The second-order valence-electron chi connectivity index (χ2n) is 7.44. The third-order valence-corrected chi connectivity index (χ3v) is 6.29. The van der Waals surface area contributed by atoms with E-state index in [0.717, 1.165) is 3.97 Å². The maximum Gasteiger partial charge on any atom is 0.268 e. The zero-order chi connectivity index (χ0) is 22.2. The van der Waals surface area contributed by atoms with Gasteiger partial charge in [0.2, 0.25) is 5.78 Å². The minimum atomic E-state index is -4.14. The van der Waals surface area contributed by atoms with Crippen LogP contribution >= 0.6 is 0 Å². The SMILES string of the molecule is CC(C)(O)C#Cc1c(C(=O)c2ccco2)n(S(=O)(=O)c2ccccc2)c2ccccc12. The lowest BCUT2D eigenvalue weighted by atomic mass is 10.1. The summed E-state index contributed by atoms with van der Waals surface area (Å²) in [6.07, 6.45) is 1.34. The van der Waals surface area contributed by atoms with Crippen LogP contribution in [0.3, 0.4) is 0 Å². The maximum absolute atomic E-state index is 13.6. The van der Waals surface area contributed by atoms with E-state index in [1.807, 2.05) is 0 Å². The lowest BCUT2D eigenvalue weighted by Crippen LogP contribution is -2.20. The number of carbonyl (C=O) groups is 1. The first-order valence-corrected chi connectivity index (χ1v) is 10.9. The molecule has 31 heavy (non-hydrogen) atoms. The Labute approximate surface area is 179 Å². The lowest BCUT2D eigenvalue weighted by molar-refractivity contribution is 0.100. The molecule has 1 N–H and O–H groups in total. The molecule has 0 aliphatic heterocycles. The standard InChI is InChI=1S/C24H19NO5S/c1-24(2,27)15-14-19-18-11-6-7-12-20(18)25(22(19)23(26)21-13-8-16-30-21)31(28,29)17-9-4-3-5-10-17/h3-13,16,27H,1-2H3. The summed E-state index contributed by atoms with van der Waals surface area (Å²) < 4.78 is 33.6. The number of para-hydroxylation sites is 1. The molecule has 4 rings (SSSR count). The normalized spacial score (nSPS) is 11.8. The van der Waals surface area contributed by atoms with Crippen molar-refractivity contribution in [3.8, 4) is 11.8 Å². The van der Waals surface area contributed by atoms with Crippen LogP contribution in [0, 0.1) is 11.8 Å². The van der Waals surface area contributed by atoms with Gasteiger partial charge in [-0.25, -0.2) is 12.4 Å². The van der Waals surface area contributed by atoms with Crippen molar-refractivity contribution in [2.75, 3.05) is 0 Å². The summed E-state index contributed by atoms with van der Waals surface area (Å²) in [6.45, 7) is 3.02. The summed E-state index contributed by atoms with van der Waals surface area (Å²) in [5, 5.41) is 10.6. The van der Waals surface area contributed by atoms with Crippen molar-refractivity contribution in [3.05, 3.63) is 90.0 Å². The number of benzene rings is 2. The highest BCUT2D eigenvalue weighted by molar-refractivity contribution is 7.90. The molecule has 0 saturated heterocycles. The molecule has 0 bridgehead atoms. The van der Waals surface area contributed by atoms with Gasteiger partial charge in [0.25, 0.3) is 10.0 Å². The number of aliphatic hydroxyl groups is 1. The number of furan rings is 1. The van der Waals surface area contributed by atoms with E-state index >= 15 is 0 Å². The highest BCUT2D eigenvalue weighted by Crippen LogP contribution is 2.31. The Balaban J connectivity index is 2.14. The van der Waals surface area contributed by atoms with E-state index in [2.05, 4.69) is 11.8 Å². The molecule has 4 aromatic rings. The first-order valence-electron chi connectivity index (χ1n) is 9.48. The zero-order valence-corrected chi connectivity index (χ0v) is 17.7. The van der Waals surface area contributed by atoms with Gasteiger partial charge in [-0.3, -0.25) is 4.79 Å². The highest BCUT2D eigenvalue weighted by atomic mass is 32.2. The van der Waals surface area contributed by atoms with E-state index in [-0.39, 0.29) is 21.9 Å². The fourth-order valence-electron chi connectivity index (χ4n) is 3.23. The summed E-state index contributed by atoms with van der Waals surface area (Å²) in [6, 6.07) is 17.6. The molecule has 6 nitrogen and oxygen atoms in total. The molecule has 0 saturated carbocycles. The van der Waals surface area contributed by atoms with Crippen LogP contribution in [0.15, 0.2) is 82.3 Å². The van der Waals surface area contributed by atoms with E-state index in [4.69, 9.17) is 4.42 Å². The fourth-order valence-corrected chi connectivity index (χ4v) is 4.78. The van der Waals surface area contributed by atoms with E-state index in [0.29, 0.717) is 10.9 Å². The van der Waals surface area contributed by atoms with Crippen LogP contribution in [0.5, 0.6) is 0 Å². The van der Waals surface area contributed by atoms with Gasteiger partial charge in [0.15, 0.2) is 5.76 Å². The summed E-state index contributed by atoms with van der Waals surface area (Å²) in [5.74, 6) is 4.89. The number of carbonyl (C=O) groups excluding carboxylic acids is 1. The number of ketones is 1. The number of hydrogen-bond donors (Lipinski definition) is 1. The number of fused-ring (bicyclic) bond motifs is 1. The molecular formula is C24H19NO5S. The van der Waals surface area contributed by atoms with Crippen LogP contribution in [-0.2, 0) is 10.0 Å². The smallest absolute Gasteiger partial charge is 0.268 e. The van der Waals surface area contributed by atoms with Crippen LogP contribution in [0.4, 0.5) is 0 Å². The molecule has 0 aliphatic carbocycles. The average Bonchev–Trinajstić information content (AvgIpc) is 3.38. The first kappa shape index (κ1) is 20.7. The minimum Gasteiger partial charge on any atom is -0.461 e. The first-order chi connectivity index (χ1) is 14.7. The molecule has 0 aliphatic rings. The minimum absolute atomic E-state index is 0.0152. The summed E-state index contributed by atoms with van der Waals surface area (Å²) >= 11 is 0. The van der Waals surface area contributed by atoms with Gasteiger partial charge in [0, 0.05) is 5.39 Å². The van der Waals surface area contributed by atoms with Crippen molar-refractivity contribution >= 4 is 26.7 Å². The Bertz CT molecular complexity index is 1430. The Hall–Kier alpha value is -3.60. The predicted molar refractivity (Wildman–Crippen MR) is 116 cm³/mol. The Morgan fingerprint density at radius 3 is 2.32 bits per heavy atom. The summed E-state index contributed by atoms with van der Waals surface area (Å²) in [7, 11) is -4.14. The van der Waals surface area contributed by atoms with Crippen LogP contribution in [0.25, 0.3) is 10.9 Å². The highest BCUT2D eigenvalue weighted by Gasteiger charge is 2.31. The number of rotatable bonds is 4. The van der Waals surface area contributed by atoms with Gasteiger partial charge < -0.3 is 9.52 Å². The Morgan fingerprint density at radius 1 is 1.00 bits per heavy atom. The topological polar surface area (TPSA) is 89.5 Å². The average molecular weight is 433 g/mol.